The normalized spacial score (nSPS) is 17.0. The average Bonchev–Trinajstić information content (AvgIpc) is 3.27. The quantitative estimate of drug-likeness (QED) is 0.697. The van der Waals surface area contributed by atoms with Crippen LogP contribution < -0.4 is 4.90 Å². The molecule has 1 N–H and O–H groups in total. The zero-order valence-corrected chi connectivity index (χ0v) is 16.5. The summed E-state index contributed by atoms with van der Waals surface area (Å²) in [5.41, 5.74) is 4.33. The van der Waals surface area contributed by atoms with Crippen LogP contribution in [0.1, 0.15) is 30.6 Å². The summed E-state index contributed by atoms with van der Waals surface area (Å²) in [5.74, 6) is 1.51. The highest BCUT2D eigenvalue weighted by atomic mass is 32.2. The van der Waals surface area contributed by atoms with Crippen LogP contribution in [0.2, 0.25) is 0 Å². The molecule has 2 heterocycles. The smallest absolute Gasteiger partial charge is 0.234 e. The summed E-state index contributed by atoms with van der Waals surface area (Å²) in [5, 5.41) is 0.0384. The van der Waals surface area contributed by atoms with Crippen molar-refractivity contribution in [2.45, 2.75) is 25.8 Å². The number of nitrogens with zero attached hydrogens (tertiary/aromatic N) is 3. The lowest BCUT2D eigenvalue weighted by Crippen LogP contribution is -2.28. The second-order valence-electron chi connectivity index (χ2n) is 6.65. The number of anilines is 1. The summed E-state index contributed by atoms with van der Waals surface area (Å²) in [7, 11) is 0. The Bertz CT molecular complexity index is 900. The molecule has 1 saturated heterocycles. The highest BCUT2D eigenvalue weighted by Gasteiger charge is 2.33. The molecule has 3 aromatic rings. The molecule has 27 heavy (non-hydrogen) atoms. The van der Waals surface area contributed by atoms with Crippen molar-refractivity contribution in [3.8, 4) is 0 Å². The van der Waals surface area contributed by atoms with Gasteiger partial charge in [-0.2, -0.15) is 0 Å². The van der Waals surface area contributed by atoms with Gasteiger partial charge in [0.1, 0.15) is 11.2 Å². The van der Waals surface area contributed by atoms with E-state index in [9.17, 15) is 4.79 Å². The number of hydrogen-bond acceptors (Lipinski definition) is 4. The van der Waals surface area contributed by atoms with Gasteiger partial charge in [0.2, 0.25) is 5.91 Å². The van der Waals surface area contributed by atoms with E-state index in [0.29, 0.717) is 12.3 Å². The van der Waals surface area contributed by atoms with Crippen molar-refractivity contribution < 1.29 is 4.79 Å². The van der Waals surface area contributed by atoms with Crippen molar-refractivity contribution in [1.29, 1.82) is 0 Å². The van der Waals surface area contributed by atoms with Gasteiger partial charge in [0, 0.05) is 18.8 Å². The Morgan fingerprint density at radius 3 is 2.59 bits per heavy atom. The van der Waals surface area contributed by atoms with Crippen molar-refractivity contribution in [3.63, 3.8) is 0 Å². The summed E-state index contributed by atoms with van der Waals surface area (Å²) in [6.07, 6.45) is 0. The number of amides is 1. The molecule has 1 amide bonds. The number of fused-ring (bicyclic) bond motifs is 1. The number of hydrogen-bond donors (Lipinski definition) is 1. The first kappa shape index (κ1) is 17.9. The van der Waals surface area contributed by atoms with Gasteiger partial charge in [-0.3, -0.25) is 4.79 Å². The number of nitrogens with one attached hydrogen (secondary N) is 1. The number of aromatic nitrogens is 2. The van der Waals surface area contributed by atoms with Gasteiger partial charge in [0.15, 0.2) is 0 Å². The lowest BCUT2D eigenvalue weighted by Gasteiger charge is -2.25. The molecule has 1 aliphatic heterocycles. The van der Waals surface area contributed by atoms with Crippen LogP contribution in [-0.4, -0.2) is 39.6 Å². The van der Waals surface area contributed by atoms with Crippen molar-refractivity contribution in [3.05, 3.63) is 59.9 Å². The van der Waals surface area contributed by atoms with Crippen molar-refractivity contribution in [1.82, 2.24) is 14.9 Å². The standard InChI is InChI=1S/C21H24N4OS/c1-3-24(4-2)16-11-9-15(10-12-16)21-25(20(26)14-27-21)13-19-22-17-7-5-6-8-18(17)23-19/h5-12,21H,3-4,13-14H2,1-2H3,(H,22,23). The van der Waals surface area contributed by atoms with E-state index in [0.717, 1.165) is 35.5 Å². The Balaban J connectivity index is 1.55. The molecule has 0 aliphatic carbocycles. The predicted molar refractivity (Wildman–Crippen MR) is 112 cm³/mol. The van der Waals surface area contributed by atoms with Gasteiger partial charge < -0.3 is 14.8 Å². The number of aromatic amines is 1. The maximum Gasteiger partial charge on any atom is 0.234 e. The number of carbonyl (C=O) groups excluding carboxylic acids is 1. The number of rotatable bonds is 6. The molecule has 1 atom stereocenters. The van der Waals surface area contributed by atoms with Crippen LogP contribution in [0.15, 0.2) is 48.5 Å². The number of carbonyl (C=O) groups is 1. The van der Waals surface area contributed by atoms with Gasteiger partial charge in [-0.1, -0.05) is 24.3 Å². The van der Waals surface area contributed by atoms with E-state index in [4.69, 9.17) is 0 Å². The monoisotopic (exact) mass is 380 g/mol. The zero-order valence-electron chi connectivity index (χ0n) is 15.7. The largest absolute Gasteiger partial charge is 0.372 e. The van der Waals surface area contributed by atoms with Gasteiger partial charge in [-0.05, 0) is 43.7 Å². The third-order valence-electron chi connectivity index (χ3n) is 5.03. The zero-order chi connectivity index (χ0) is 18.8. The Hall–Kier alpha value is -2.47. The number of imidazole rings is 1. The van der Waals surface area contributed by atoms with Crippen molar-refractivity contribution >= 4 is 34.4 Å². The Morgan fingerprint density at radius 2 is 1.89 bits per heavy atom. The van der Waals surface area contributed by atoms with E-state index in [1.54, 1.807) is 11.8 Å². The van der Waals surface area contributed by atoms with Gasteiger partial charge in [-0.25, -0.2) is 4.98 Å². The minimum absolute atomic E-state index is 0.0384. The van der Waals surface area contributed by atoms with Crippen LogP contribution in [0.5, 0.6) is 0 Å². The van der Waals surface area contributed by atoms with E-state index in [1.165, 1.54) is 5.69 Å². The minimum atomic E-state index is 0.0384. The maximum atomic E-state index is 12.5. The van der Waals surface area contributed by atoms with Gasteiger partial charge >= 0.3 is 0 Å². The molecular formula is C21H24N4OS. The van der Waals surface area contributed by atoms with Crippen molar-refractivity contribution in [2.75, 3.05) is 23.7 Å². The summed E-state index contributed by atoms with van der Waals surface area (Å²) in [6, 6.07) is 16.6. The first-order valence-corrected chi connectivity index (χ1v) is 10.4. The lowest BCUT2D eigenvalue weighted by molar-refractivity contribution is -0.128. The number of benzene rings is 2. The van der Waals surface area contributed by atoms with Gasteiger partial charge in [-0.15, -0.1) is 11.8 Å². The van der Waals surface area contributed by atoms with Crippen LogP contribution in [0, 0.1) is 0 Å². The number of para-hydroxylation sites is 2. The first-order chi connectivity index (χ1) is 13.2. The van der Waals surface area contributed by atoms with Crippen LogP contribution in [0.25, 0.3) is 11.0 Å². The van der Waals surface area contributed by atoms with Crippen LogP contribution in [0.4, 0.5) is 5.69 Å². The summed E-state index contributed by atoms with van der Waals surface area (Å²) in [6.45, 7) is 6.81. The molecule has 0 spiro atoms. The molecule has 0 radical (unpaired) electrons. The molecule has 5 nitrogen and oxygen atoms in total. The van der Waals surface area contributed by atoms with Gasteiger partial charge in [0.05, 0.1) is 23.3 Å². The summed E-state index contributed by atoms with van der Waals surface area (Å²) >= 11 is 1.68. The Morgan fingerprint density at radius 1 is 1.15 bits per heavy atom. The van der Waals surface area contributed by atoms with Gasteiger partial charge in [0.25, 0.3) is 0 Å². The summed E-state index contributed by atoms with van der Waals surface area (Å²) in [4.78, 5) is 24.7. The number of H-pyrrole nitrogens is 1. The van der Waals surface area contributed by atoms with E-state index in [-0.39, 0.29) is 11.3 Å². The third-order valence-corrected chi connectivity index (χ3v) is 6.29. The molecule has 6 heteroatoms. The molecule has 4 rings (SSSR count). The van der Waals surface area contributed by atoms with Crippen LogP contribution in [-0.2, 0) is 11.3 Å². The fraction of sp³-hybridized carbons (Fsp3) is 0.333. The maximum absolute atomic E-state index is 12.5. The highest BCUT2D eigenvalue weighted by Crippen LogP contribution is 2.39. The highest BCUT2D eigenvalue weighted by molar-refractivity contribution is 8.00. The predicted octanol–water partition coefficient (Wildman–Crippen LogP) is 4.18. The van der Waals surface area contributed by atoms with E-state index < -0.39 is 0 Å². The molecule has 1 unspecified atom stereocenters. The molecule has 0 saturated carbocycles. The minimum Gasteiger partial charge on any atom is -0.372 e. The molecule has 1 fully saturated rings. The fourth-order valence-corrected chi connectivity index (χ4v) is 4.77. The topological polar surface area (TPSA) is 52.2 Å². The average molecular weight is 381 g/mol. The van der Waals surface area contributed by atoms with Crippen molar-refractivity contribution in [2.24, 2.45) is 0 Å². The van der Waals surface area contributed by atoms with E-state index >= 15 is 0 Å². The lowest BCUT2D eigenvalue weighted by atomic mass is 10.1. The molecule has 140 valence electrons. The molecule has 1 aromatic heterocycles. The fourth-order valence-electron chi connectivity index (χ4n) is 3.58. The van der Waals surface area contributed by atoms with Crippen LogP contribution >= 0.6 is 11.8 Å². The SMILES string of the molecule is CCN(CC)c1ccc(C2SCC(=O)N2Cc2nc3ccccc3[nH]2)cc1. The third kappa shape index (κ3) is 3.54. The Labute approximate surface area is 163 Å². The second kappa shape index (κ2) is 7.64. The molecule has 1 aliphatic rings. The van der Waals surface area contributed by atoms with Crippen LogP contribution in [0.3, 0.4) is 0 Å². The Kier molecular flexibility index (Phi) is 5.07. The second-order valence-corrected chi connectivity index (χ2v) is 7.72. The van der Waals surface area contributed by atoms with E-state index in [1.807, 2.05) is 29.2 Å². The molecule has 0 bridgehead atoms. The summed E-state index contributed by atoms with van der Waals surface area (Å²) < 4.78 is 0. The number of thioether (sulfide) groups is 1. The molecular weight excluding hydrogens is 356 g/mol. The first-order valence-electron chi connectivity index (χ1n) is 9.39. The molecule has 2 aromatic carbocycles. The van der Waals surface area contributed by atoms with E-state index in [2.05, 4.69) is 53.0 Å².